The van der Waals surface area contributed by atoms with E-state index in [4.69, 9.17) is 9.15 Å². The van der Waals surface area contributed by atoms with Gasteiger partial charge in [-0.15, -0.1) is 0 Å². The van der Waals surface area contributed by atoms with Gasteiger partial charge in [-0.3, -0.25) is 4.90 Å². The van der Waals surface area contributed by atoms with Crippen molar-refractivity contribution in [3.8, 4) is 5.75 Å². The third-order valence-corrected chi connectivity index (χ3v) is 6.28. The summed E-state index contributed by atoms with van der Waals surface area (Å²) in [5.41, 5.74) is 2.37. The van der Waals surface area contributed by atoms with Crippen LogP contribution in [0.4, 0.5) is 0 Å². The molecule has 0 bridgehead atoms. The van der Waals surface area contributed by atoms with Crippen LogP contribution in [0.2, 0.25) is 0 Å². The van der Waals surface area contributed by atoms with Gasteiger partial charge in [-0.2, -0.15) is 0 Å². The van der Waals surface area contributed by atoms with Gasteiger partial charge in [0.05, 0.1) is 18.8 Å². The zero-order chi connectivity index (χ0) is 20.2. The summed E-state index contributed by atoms with van der Waals surface area (Å²) in [5, 5.41) is 10.7. The van der Waals surface area contributed by atoms with Crippen LogP contribution in [-0.2, 0) is 11.2 Å². The SMILES string of the molecule is CCC(CCN1CCOCC1)c1cc(O)c(Cc2ccccc2C2CC2)c(=O)o1. The van der Waals surface area contributed by atoms with Gasteiger partial charge in [-0.1, -0.05) is 31.2 Å². The lowest BCUT2D eigenvalue weighted by atomic mass is 9.95. The van der Waals surface area contributed by atoms with Crippen molar-refractivity contribution in [2.45, 2.75) is 50.9 Å². The van der Waals surface area contributed by atoms with E-state index >= 15 is 0 Å². The predicted octanol–water partition coefficient (Wildman–Crippen LogP) is 4.03. The molecule has 0 amide bonds. The quantitative estimate of drug-likeness (QED) is 0.729. The highest BCUT2D eigenvalue weighted by Crippen LogP contribution is 2.42. The van der Waals surface area contributed by atoms with E-state index in [1.165, 1.54) is 18.4 Å². The number of nitrogens with zero attached hydrogens (tertiary/aromatic N) is 1. The third-order valence-electron chi connectivity index (χ3n) is 6.28. The second kappa shape index (κ2) is 9.14. The molecule has 1 saturated heterocycles. The van der Waals surface area contributed by atoms with Crippen molar-refractivity contribution in [1.82, 2.24) is 4.90 Å². The molecule has 2 aromatic rings. The molecule has 0 radical (unpaired) electrons. The molecule has 1 aromatic heterocycles. The van der Waals surface area contributed by atoms with Crippen molar-refractivity contribution >= 4 is 0 Å². The first-order valence-corrected chi connectivity index (χ1v) is 10.9. The van der Waals surface area contributed by atoms with Crippen molar-refractivity contribution in [3.05, 3.63) is 63.2 Å². The number of ether oxygens (including phenoxy) is 1. The third kappa shape index (κ3) is 4.90. The molecule has 2 heterocycles. The first-order valence-electron chi connectivity index (χ1n) is 10.9. The Balaban J connectivity index is 1.49. The Hall–Kier alpha value is -2.11. The molecule has 2 aliphatic rings. The fraction of sp³-hybridized carbons (Fsp3) is 0.542. The van der Waals surface area contributed by atoms with Crippen molar-refractivity contribution < 1.29 is 14.3 Å². The summed E-state index contributed by atoms with van der Waals surface area (Å²) in [6.07, 6.45) is 4.61. The molecule has 1 atom stereocenters. The number of rotatable bonds is 8. The van der Waals surface area contributed by atoms with Gasteiger partial charge in [0.2, 0.25) is 0 Å². The molecule has 1 unspecified atom stereocenters. The lowest BCUT2D eigenvalue weighted by Gasteiger charge is -2.27. The Morgan fingerprint density at radius 3 is 2.66 bits per heavy atom. The molecule has 4 rings (SSSR count). The van der Waals surface area contributed by atoms with Gasteiger partial charge in [0.25, 0.3) is 0 Å². The standard InChI is InChI=1S/C24H31NO4/c1-2-17(9-10-25-11-13-28-14-12-25)23-16-22(26)21(24(27)29-23)15-19-5-3-4-6-20(19)18-7-8-18/h3-6,16-18,26H,2,7-15H2,1H3. The monoisotopic (exact) mass is 397 g/mol. The molecular weight excluding hydrogens is 366 g/mol. The lowest BCUT2D eigenvalue weighted by molar-refractivity contribution is 0.0362. The van der Waals surface area contributed by atoms with Gasteiger partial charge in [0, 0.05) is 31.5 Å². The first kappa shape index (κ1) is 20.2. The zero-order valence-electron chi connectivity index (χ0n) is 17.2. The average molecular weight is 398 g/mol. The Kier molecular flexibility index (Phi) is 6.36. The summed E-state index contributed by atoms with van der Waals surface area (Å²) in [4.78, 5) is 15.1. The van der Waals surface area contributed by atoms with Crippen LogP contribution in [0.5, 0.6) is 5.75 Å². The second-order valence-corrected chi connectivity index (χ2v) is 8.30. The van der Waals surface area contributed by atoms with Crippen molar-refractivity contribution in [3.63, 3.8) is 0 Å². The van der Waals surface area contributed by atoms with E-state index < -0.39 is 5.63 Å². The van der Waals surface area contributed by atoms with Crippen LogP contribution < -0.4 is 5.63 Å². The number of morpholine rings is 1. The number of hydrogen-bond donors (Lipinski definition) is 1. The molecule has 29 heavy (non-hydrogen) atoms. The maximum Gasteiger partial charge on any atom is 0.343 e. The van der Waals surface area contributed by atoms with Crippen molar-refractivity contribution in [2.75, 3.05) is 32.8 Å². The maximum absolute atomic E-state index is 12.7. The molecular formula is C24H31NO4. The molecule has 0 spiro atoms. The van der Waals surface area contributed by atoms with Gasteiger partial charge in [-0.25, -0.2) is 4.79 Å². The Morgan fingerprint density at radius 2 is 1.97 bits per heavy atom. The van der Waals surface area contributed by atoms with E-state index in [0.29, 0.717) is 23.7 Å². The molecule has 156 valence electrons. The number of benzene rings is 1. The minimum Gasteiger partial charge on any atom is -0.507 e. The Labute approximate surface area is 172 Å². The maximum atomic E-state index is 12.7. The van der Waals surface area contributed by atoms with E-state index in [9.17, 15) is 9.90 Å². The van der Waals surface area contributed by atoms with Gasteiger partial charge in [0.1, 0.15) is 11.5 Å². The molecule has 1 saturated carbocycles. The highest BCUT2D eigenvalue weighted by molar-refractivity contribution is 5.40. The lowest BCUT2D eigenvalue weighted by Crippen LogP contribution is -2.37. The van der Waals surface area contributed by atoms with Crippen LogP contribution in [0.25, 0.3) is 0 Å². The Bertz CT molecular complexity index is 881. The smallest absolute Gasteiger partial charge is 0.343 e. The Morgan fingerprint density at radius 1 is 1.21 bits per heavy atom. The van der Waals surface area contributed by atoms with Gasteiger partial charge >= 0.3 is 5.63 Å². The molecule has 5 nitrogen and oxygen atoms in total. The zero-order valence-corrected chi connectivity index (χ0v) is 17.2. The van der Waals surface area contributed by atoms with Gasteiger partial charge in [-0.05, 0) is 49.3 Å². The average Bonchev–Trinajstić information content (AvgIpc) is 3.57. The molecule has 1 N–H and O–H groups in total. The molecule has 5 heteroatoms. The summed E-state index contributed by atoms with van der Waals surface area (Å²) in [7, 11) is 0. The largest absolute Gasteiger partial charge is 0.507 e. The van der Waals surface area contributed by atoms with E-state index in [2.05, 4.69) is 24.0 Å². The number of aromatic hydroxyl groups is 1. The van der Waals surface area contributed by atoms with E-state index in [1.807, 2.05) is 12.1 Å². The topological polar surface area (TPSA) is 62.9 Å². The van der Waals surface area contributed by atoms with Crippen LogP contribution in [0.1, 0.15) is 66.9 Å². The second-order valence-electron chi connectivity index (χ2n) is 8.30. The molecule has 2 fully saturated rings. The van der Waals surface area contributed by atoms with Crippen LogP contribution >= 0.6 is 0 Å². The molecule has 1 aliphatic carbocycles. The highest BCUT2D eigenvalue weighted by Gasteiger charge is 2.26. The normalized spacial score (nSPS) is 18.7. The van der Waals surface area contributed by atoms with Gasteiger partial charge in [0.15, 0.2) is 0 Å². The summed E-state index contributed by atoms with van der Waals surface area (Å²) >= 11 is 0. The van der Waals surface area contributed by atoms with E-state index in [1.54, 1.807) is 6.07 Å². The molecule has 1 aliphatic heterocycles. The van der Waals surface area contributed by atoms with E-state index in [-0.39, 0.29) is 11.7 Å². The highest BCUT2D eigenvalue weighted by atomic mass is 16.5. The summed E-state index contributed by atoms with van der Waals surface area (Å²) in [5.74, 6) is 1.39. The van der Waals surface area contributed by atoms with Gasteiger partial charge < -0.3 is 14.3 Å². The van der Waals surface area contributed by atoms with E-state index in [0.717, 1.165) is 51.3 Å². The first-order chi connectivity index (χ1) is 14.2. The van der Waals surface area contributed by atoms with Crippen LogP contribution in [0.15, 0.2) is 39.5 Å². The summed E-state index contributed by atoms with van der Waals surface area (Å²) in [6.45, 7) is 6.51. The minimum atomic E-state index is -0.407. The van der Waals surface area contributed by atoms with Crippen LogP contribution in [0, 0.1) is 0 Å². The fourth-order valence-corrected chi connectivity index (χ4v) is 4.28. The predicted molar refractivity (Wildman–Crippen MR) is 113 cm³/mol. The molecule has 1 aromatic carbocycles. The van der Waals surface area contributed by atoms with Crippen molar-refractivity contribution in [1.29, 1.82) is 0 Å². The fourth-order valence-electron chi connectivity index (χ4n) is 4.28. The minimum absolute atomic E-state index is 0.0617. The summed E-state index contributed by atoms with van der Waals surface area (Å²) in [6, 6.07) is 9.90. The number of hydrogen-bond acceptors (Lipinski definition) is 5. The summed E-state index contributed by atoms with van der Waals surface area (Å²) < 4.78 is 11.1. The van der Waals surface area contributed by atoms with Crippen LogP contribution in [-0.4, -0.2) is 42.9 Å². The van der Waals surface area contributed by atoms with Crippen LogP contribution in [0.3, 0.4) is 0 Å². The van der Waals surface area contributed by atoms with Crippen molar-refractivity contribution in [2.24, 2.45) is 0 Å².